The van der Waals surface area contributed by atoms with E-state index in [0.29, 0.717) is 12.6 Å². The predicted molar refractivity (Wildman–Crippen MR) is 114 cm³/mol. The highest BCUT2D eigenvalue weighted by Gasteiger charge is 2.39. The molecule has 2 aliphatic heterocycles. The molecule has 5 nitrogen and oxygen atoms in total. The SMILES string of the molecule is CCN1CCN(C2CCN(CC(=O)NCC3(c4ccccc4)CCC3)C2)CC1. The number of nitrogens with one attached hydrogen (secondary N) is 1. The fourth-order valence-electron chi connectivity index (χ4n) is 5.19. The first-order valence-electron chi connectivity index (χ1n) is 11.2. The maximum atomic E-state index is 12.6. The highest BCUT2D eigenvalue weighted by molar-refractivity contribution is 5.78. The van der Waals surface area contributed by atoms with Crippen molar-refractivity contribution in [3.05, 3.63) is 35.9 Å². The summed E-state index contributed by atoms with van der Waals surface area (Å²) in [4.78, 5) is 20.1. The molecule has 154 valence electrons. The second kappa shape index (κ2) is 8.93. The molecule has 1 aromatic carbocycles. The summed E-state index contributed by atoms with van der Waals surface area (Å²) in [5, 5.41) is 3.26. The Hall–Kier alpha value is -1.43. The van der Waals surface area contributed by atoms with Crippen molar-refractivity contribution >= 4 is 5.91 Å². The van der Waals surface area contributed by atoms with Gasteiger partial charge in [0.1, 0.15) is 0 Å². The van der Waals surface area contributed by atoms with Crippen LogP contribution in [-0.4, -0.2) is 85.6 Å². The molecule has 1 unspecified atom stereocenters. The number of amides is 1. The molecule has 1 N–H and O–H groups in total. The van der Waals surface area contributed by atoms with Crippen LogP contribution in [0.1, 0.15) is 38.2 Å². The molecule has 2 saturated heterocycles. The van der Waals surface area contributed by atoms with Gasteiger partial charge in [-0.2, -0.15) is 0 Å². The van der Waals surface area contributed by atoms with E-state index in [1.54, 1.807) is 0 Å². The number of piperazine rings is 1. The van der Waals surface area contributed by atoms with Gasteiger partial charge in [-0.25, -0.2) is 0 Å². The predicted octanol–water partition coefficient (Wildman–Crippen LogP) is 1.94. The minimum absolute atomic E-state index is 0.170. The lowest BCUT2D eigenvalue weighted by Gasteiger charge is -2.42. The second-order valence-electron chi connectivity index (χ2n) is 8.92. The second-order valence-corrected chi connectivity index (χ2v) is 8.92. The summed E-state index contributed by atoms with van der Waals surface area (Å²) < 4.78 is 0. The van der Waals surface area contributed by atoms with Crippen molar-refractivity contribution in [1.82, 2.24) is 20.0 Å². The zero-order valence-corrected chi connectivity index (χ0v) is 17.4. The third kappa shape index (κ3) is 4.42. The van der Waals surface area contributed by atoms with Crippen LogP contribution in [0, 0.1) is 0 Å². The van der Waals surface area contributed by atoms with Gasteiger partial charge in [-0.1, -0.05) is 43.7 Å². The van der Waals surface area contributed by atoms with Crippen LogP contribution in [-0.2, 0) is 10.2 Å². The average Bonchev–Trinajstić information content (AvgIpc) is 3.16. The molecule has 4 rings (SSSR count). The number of carbonyl (C=O) groups excluding carboxylic acids is 1. The summed E-state index contributed by atoms with van der Waals surface area (Å²) in [5.74, 6) is 0.193. The van der Waals surface area contributed by atoms with Crippen LogP contribution < -0.4 is 5.32 Å². The number of likely N-dealkylation sites (tertiary alicyclic amines) is 1. The maximum Gasteiger partial charge on any atom is 0.234 e. The summed E-state index contributed by atoms with van der Waals surface area (Å²) in [7, 11) is 0. The number of hydrogen-bond acceptors (Lipinski definition) is 4. The van der Waals surface area contributed by atoms with E-state index >= 15 is 0 Å². The Balaban J connectivity index is 1.22. The van der Waals surface area contributed by atoms with Crippen LogP contribution in [0.2, 0.25) is 0 Å². The zero-order chi connectivity index (χ0) is 19.4. The van der Waals surface area contributed by atoms with Gasteiger partial charge in [0, 0.05) is 57.3 Å². The number of hydrogen-bond donors (Lipinski definition) is 1. The minimum atomic E-state index is 0.170. The molecule has 0 radical (unpaired) electrons. The average molecular weight is 385 g/mol. The summed E-state index contributed by atoms with van der Waals surface area (Å²) in [6.45, 7) is 11.6. The van der Waals surface area contributed by atoms with E-state index in [2.05, 4.69) is 57.3 Å². The molecule has 1 aliphatic carbocycles. The molecule has 5 heteroatoms. The molecule has 2 heterocycles. The van der Waals surface area contributed by atoms with Gasteiger partial charge in [0.05, 0.1) is 6.54 Å². The number of likely N-dealkylation sites (N-methyl/N-ethyl adjacent to an activating group) is 1. The molecule has 28 heavy (non-hydrogen) atoms. The monoisotopic (exact) mass is 384 g/mol. The number of carbonyl (C=O) groups is 1. The Morgan fingerprint density at radius 2 is 1.82 bits per heavy atom. The van der Waals surface area contributed by atoms with Crippen LogP contribution >= 0.6 is 0 Å². The van der Waals surface area contributed by atoms with Crippen LogP contribution in [0.15, 0.2) is 30.3 Å². The van der Waals surface area contributed by atoms with E-state index in [-0.39, 0.29) is 11.3 Å². The molecular formula is C23H36N4O. The third-order valence-electron chi connectivity index (χ3n) is 7.31. The Morgan fingerprint density at radius 1 is 1.07 bits per heavy atom. The van der Waals surface area contributed by atoms with Gasteiger partial charge in [0.15, 0.2) is 0 Å². The Morgan fingerprint density at radius 3 is 2.46 bits per heavy atom. The summed E-state index contributed by atoms with van der Waals surface area (Å²) in [5.41, 5.74) is 1.55. The lowest BCUT2D eigenvalue weighted by molar-refractivity contribution is -0.122. The van der Waals surface area contributed by atoms with Crippen LogP contribution in [0.4, 0.5) is 0 Å². The van der Waals surface area contributed by atoms with Crippen molar-refractivity contribution < 1.29 is 4.79 Å². The Kier molecular flexibility index (Phi) is 6.34. The highest BCUT2D eigenvalue weighted by atomic mass is 16.2. The quantitative estimate of drug-likeness (QED) is 0.780. The van der Waals surface area contributed by atoms with Crippen LogP contribution in [0.3, 0.4) is 0 Å². The fourth-order valence-corrected chi connectivity index (χ4v) is 5.19. The maximum absolute atomic E-state index is 12.6. The van der Waals surface area contributed by atoms with E-state index < -0.39 is 0 Å². The Bertz CT molecular complexity index is 637. The molecule has 1 atom stereocenters. The van der Waals surface area contributed by atoms with Gasteiger partial charge in [-0.05, 0) is 31.4 Å². The first-order chi connectivity index (χ1) is 13.7. The van der Waals surface area contributed by atoms with Crippen molar-refractivity contribution in [1.29, 1.82) is 0 Å². The molecule has 3 fully saturated rings. The van der Waals surface area contributed by atoms with E-state index in [0.717, 1.165) is 26.2 Å². The molecule has 3 aliphatic rings. The topological polar surface area (TPSA) is 38.8 Å². The highest BCUT2D eigenvalue weighted by Crippen LogP contribution is 2.43. The zero-order valence-electron chi connectivity index (χ0n) is 17.4. The summed E-state index contributed by atoms with van der Waals surface area (Å²) in [6.07, 6.45) is 4.84. The van der Waals surface area contributed by atoms with Crippen molar-refractivity contribution in [3.8, 4) is 0 Å². The molecule has 1 amide bonds. The first kappa shape index (κ1) is 19.9. The standard InChI is InChI=1S/C23H36N4O/c1-2-25-13-15-27(16-14-25)21-9-12-26(17-21)18-22(28)24-19-23(10-6-11-23)20-7-4-3-5-8-20/h3-5,7-8,21H,2,6,9-19H2,1H3,(H,24,28). The van der Waals surface area contributed by atoms with E-state index in [4.69, 9.17) is 0 Å². The van der Waals surface area contributed by atoms with Gasteiger partial charge in [0.25, 0.3) is 0 Å². The fraction of sp³-hybridized carbons (Fsp3) is 0.696. The minimum Gasteiger partial charge on any atom is -0.354 e. The van der Waals surface area contributed by atoms with Crippen molar-refractivity contribution in [2.24, 2.45) is 0 Å². The van der Waals surface area contributed by atoms with Crippen molar-refractivity contribution in [3.63, 3.8) is 0 Å². The van der Waals surface area contributed by atoms with Gasteiger partial charge >= 0.3 is 0 Å². The van der Waals surface area contributed by atoms with Gasteiger partial charge < -0.3 is 10.2 Å². The van der Waals surface area contributed by atoms with E-state index in [1.165, 1.54) is 57.4 Å². The van der Waals surface area contributed by atoms with Crippen molar-refractivity contribution in [2.45, 2.75) is 44.1 Å². The molecule has 0 aromatic heterocycles. The van der Waals surface area contributed by atoms with Gasteiger partial charge in [0.2, 0.25) is 5.91 Å². The molecule has 0 bridgehead atoms. The van der Waals surface area contributed by atoms with Crippen LogP contribution in [0.25, 0.3) is 0 Å². The van der Waals surface area contributed by atoms with Crippen molar-refractivity contribution in [2.75, 3.05) is 58.9 Å². The van der Waals surface area contributed by atoms with Crippen LogP contribution in [0.5, 0.6) is 0 Å². The first-order valence-corrected chi connectivity index (χ1v) is 11.2. The lowest BCUT2D eigenvalue weighted by Crippen LogP contribution is -2.51. The van der Waals surface area contributed by atoms with Gasteiger partial charge in [-0.15, -0.1) is 0 Å². The smallest absolute Gasteiger partial charge is 0.234 e. The van der Waals surface area contributed by atoms with E-state index in [1.807, 2.05) is 0 Å². The lowest BCUT2D eigenvalue weighted by atomic mass is 9.64. The largest absolute Gasteiger partial charge is 0.354 e. The molecule has 1 saturated carbocycles. The third-order valence-corrected chi connectivity index (χ3v) is 7.31. The molecular weight excluding hydrogens is 348 g/mol. The number of nitrogens with zero attached hydrogens (tertiary/aromatic N) is 3. The number of rotatable bonds is 7. The number of benzene rings is 1. The molecule has 0 spiro atoms. The normalized spacial score (nSPS) is 26.1. The molecule has 1 aromatic rings. The Labute approximate surface area is 170 Å². The van der Waals surface area contributed by atoms with Gasteiger partial charge in [-0.3, -0.25) is 14.6 Å². The van der Waals surface area contributed by atoms with E-state index in [9.17, 15) is 4.79 Å². The summed E-state index contributed by atoms with van der Waals surface area (Å²) in [6, 6.07) is 11.4. The summed E-state index contributed by atoms with van der Waals surface area (Å²) >= 11 is 0.